The summed E-state index contributed by atoms with van der Waals surface area (Å²) in [6.45, 7) is 2.90. The van der Waals surface area contributed by atoms with Crippen molar-refractivity contribution in [2.24, 2.45) is 0 Å². The van der Waals surface area contributed by atoms with Crippen LogP contribution in [0.25, 0.3) is 0 Å². The second-order valence-electron chi connectivity index (χ2n) is 6.04. The zero-order valence-corrected chi connectivity index (χ0v) is 15.0. The van der Waals surface area contributed by atoms with Crippen molar-refractivity contribution in [1.29, 1.82) is 0 Å². The summed E-state index contributed by atoms with van der Waals surface area (Å²) in [5, 5.41) is 0. The fourth-order valence-electron chi connectivity index (χ4n) is 2.84. The first-order valence-corrected chi connectivity index (χ1v) is 9.41. The van der Waals surface area contributed by atoms with Crippen LogP contribution in [0.5, 0.6) is 0 Å². The van der Waals surface area contributed by atoms with Crippen molar-refractivity contribution < 1.29 is 17.9 Å². The summed E-state index contributed by atoms with van der Waals surface area (Å²) in [4.78, 5) is 13.5. The number of benzene rings is 2. The summed E-state index contributed by atoms with van der Waals surface area (Å²) in [5.74, 6) is 0. The number of fused-ring (bicyclic) bond motifs is 1. The Morgan fingerprint density at radius 1 is 1.12 bits per heavy atom. The summed E-state index contributed by atoms with van der Waals surface area (Å²) >= 11 is 0. The highest BCUT2D eigenvalue weighted by Crippen LogP contribution is 2.25. The number of hydrogen-bond donors (Lipinski definition) is 1. The van der Waals surface area contributed by atoms with Crippen LogP contribution in [0.2, 0.25) is 0 Å². The van der Waals surface area contributed by atoms with Gasteiger partial charge in [0.05, 0.1) is 12.0 Å². The molecule has 2 aromatic rings. The summed E-state index contributed by atoms with van der Waals surface area (Å²) in [7, 11) is -2.30. The second kappa shape index (κ2) is 6.76. The lowest BCUT2D eigenvalue weighted by molar-refractivity contribution is 0.118. The van der Waals surface area contributed by atoms with Gasteiger partial charge in [-0.2, -0.15) is 0 Å². The predicted octanol–water partition coefficient (Wildman–Crippen LogP) is 2.92. The van der Waals surface area contributed by atoms with E-state index in [1.54, 1.807) is 41.3 Å². The van der Waals surface area contributed by atoms with E-state index in [-0.39, 0.29) is 11.0 Å². The van der Waals surface area contributed by atoms with Gasteiger partial charge in [-0.25, -0.2) is 13.2 Å². The van der Waals surface area contributed by atoms with Gasteiger partial charge in [-0.3, -0.25) is 4.72 Å². The van der Waals surface area contributed by atoms with E-state index in [9.17, 15) is 13.2 Å². The van der Waals surface area contributed by atoms with Crippen LogP contribution in [0.4, 0.5) is 10.5 Å². The molecule has 1 aliphatic heterocycles. The van der Waals surface area contributed by atoms with Crippen LogP contribution in [0.15, 0.2) is 47.4 Å². The molecule has 0 bridgehead atoms. The third-order valence-corrected chi connectivity index (χ3v) is 5.63. The number of aryl methyl sites for hydroxylation is 1. The van der Waals surface area contributed by atoms with E-state index in [2.05, 4.69) is 4.72 Å². The summed E-state index contributed by atoms with van der Waals surface area (Å²) in [5.41, 5.74) is 3.50. The molecule has 0 aromatic heterocycles. The average molecular weight is 360 g/mol. The van der Waals surface area contributed by atoms with Gasteiger partial charge in [0, 0.05) is 18.8 Å². The van der Waals surface area contributed by atoms with E-state index in [4.69, 9.17) is 4.74 Å². The lowest BCUT2D eigenvalue weighted by Gasteiger charge is -2.28. The number of carbonyl (C=O) groups excluding carboxylic acids is 1. The van der Waals surface area contributed by atoms with Crippen molar-refractivity contribution in [3.8, 4) is 0 Å². The molecule has 3 rings (SSSR count). The Morgan fingerprint density at radius 2 is 1.84 bits per heavy atom. The lowest BCUT2D eigenvalue weighted by Crippen LogP contribution is -2.35. The summed E-state index contributed by atoms with van der Waals surface area (Å²) in [6.07, 6.45) is 0.339. The van der Waals surface area contributed by atoms with Gasteiger partial charge in [0.25, 0.3) is 10.0 Å². The van der Waals surface area contributed by atoms with Crippen LogP contribution in [-0.2, 0) is 27.7 Å². The van der Waals surface area contributed by atoms with Crippen LogP contribution in [0.3, 0.4) is 0 Å². The van der Waals surface area contributed by atoms with Gasteiger partial charge < -0.3 is 9.64 Å². The smallest absolute Gasteiger partial charge is 0.409 e. The molecule has 1 amide bonds. The minimum absolute atomic E-state index is 0.215. The Balaban J connectivity index is 1.82. The first kappa shape index (κ1) is 17.3. The van der Waals surface area contributed by atoms with Gasteiger partial charge in [0.1, 0.15) is 0 Å². The maximum Gasteiger partial charge on any atom is 0.409 e. The maximum atomic E-state index is 12.5. The Labute approximate surface area is 147 Å². The number of sulfonamides is 1. The molecule has 0 spiro atoms. The van der Waals surface area contributed by atoms with Crippen LogP contribution in [0.1, 0.15) is 16.7 Å². The SMILES string of the molecule is COC(=O)N1CCc2ccc(NS(=O)(=O)c3ccc(C)cc3)cc2C1. The molecule has 0 atom stereocenters. The van der Waals surface area contributed by atoms with E-state index in [0.29, 0.717) is 18.8 Å². The first-order chi connectivity index (χ1) is 11.9. The van der Waals surface area contributed by atoms with Crippen LogP contribution in [-0.4, -0.2) is 33.1 Å². The van der Waals surface area contributed by atoms with Crippen molar-refractivity contribution >= 4 is 21.8 Å². The molecule has 0 aliphatic carbocycles. The number of hydrogen-bond acceptors (Lipinski definition) is 4. The molecule has 7 heteroatoms. The number of nitrogens with one attached hydrogen (secondary N) is 1. The van der Waals surface area contributed by atoms with Crippen molar-refractivity contribution in [2.45, 2.75) is 24.8 Å². The molecule has 2 aromatic carbocycles. The highest BCUT2D eigenvalue weighted by Gasteiger charge is 2.22. The molecule has 0 unspecified atom stereocenters. The highest BCUT2D eigenvalue weighted by atomic mass is 32.2. The number of methoxy groups -OCH3 is 1. The van der Waals surface area contributed by atoms with Crippen LogP contribution >= 0.6 is 0 Å². The molecule has 0 saturated heterocycles. The van der Waals surface area contributed by atoms with Crippen molar-refractivity contribution in [3.63, 3.8) is 0 Å². The third kappa shape index (κ3) is 3.76. The third-order valence-electron chi connectivity index (χ3n) is 4.23. The van der Waals surface area contributed by atoms with E-state index in [0.717, 1.165) is 23.1 Å². The number of anilines is 1. The average Bonchev–Trinajstić information content (AvgIpc) is 2.60. The molecule has 1 N–H and O–H groups in total. The molecular weight excluding hydrogens is 340 g/mol. The highest BCUT2D eigenvalue weighted by molar-refractivity contribution is 7.92. The molecule has 25 heavy (non-hydrogen) atoms. The van der Waals surface area contributed by atoms with Crippen molar-refractivity contribution in [1.82, 2.24) is 4.90 Å². The molecule has 0 saturated carbocycles. The molecule has 0 radical (unpaired) electrons. The summed E-state index contributed by atoms with van der Waals surface area (Å²) < 4.78 is 32.4. The molecular formula is C18H20N2O4S. The van der Waals surface area contributed by atoms with Crippen LogP contribution < -0.4 is 4.72 Å². The number of carbonyl (C=O) groups is 1. The fraction of sp³-hybridized carbons (Fsp3) is 0.278. The van der Waals surface area contributed by atoms with Gasteiger partial charge in [-0.1, -0.05) is 23.8 Å². The van der Waals surface area contributed by atoms with Gasteiger partial charge >= 0.3 is 6.09 Å². The Hall–Kier alpha value is -2.54. The topological polar surface area (TPSA) is 75.7 Å². The minimum Gasteiger partial charge on any atom is -0.453 e. The van der Waals surface area contributed by atoms with E-state index < -0.39 is 10.0 Å². The van der Waals surface area contributed by atoms with Gasteiger partial charge in [-0.05, 0) is 48.7 Å². The predicted molar refractivity (Wildman–Crippen MR) is 94.9 cm³/mol. The van der Waals surface area contributed by atoms with Gasteiger partial charge in [-0.15, -0.1) is 0 Å². The standard InChI is InChI=1S/C18H20N2O4S/c1-13-3-7-17(8-4-13)25(22,23)19-16-6-5-14-9-10-20(18(21)24-2)12-15(14)11-16/h3-8,11,19H,9-10,12H2,1-2H3. The number of nitrogens with zero attached hydrogens (tertiary/aromatic N) is 1. The molecule has 0 fully saturated rings. The fourth-order valence-corrected chi connectivity index (χ4v) is 3.89. The zero-order valence-electron chi connectivity index (χ0n) is 14.2. The second-order valence-corrected chi connectivity index (χ2v) is 7.73. The number of amides is 1. The normalized spacial score (nSPS) is 13.9. The van der Waals surface area contributed by atoms with E-state index in [1.807, 2.05) is 13.0 Å². The maximum absolute atomic E-state index is 12.5. The number of ether oxygens (including phenoxy) is 1. The van der Waals surface area contributed by atoms with Crippen LogP contribution in [0, 0.1) is 6.92 Å². The Bertz CT molecular complexity index is 892. The first-order valence-electron chi connectivity index (χ1n) is 7.93. The molecule has 1 heterocycles. The van der Waals surface area contributed by atoms with Gasteiger partial charge in [0.15, 0.2) is 0 Å². The Morgan fingerprint density at radius 3 is 2.52 bits per heavy atom. The summed E-state index contributed by atoms with van der Waals surface area (Å²) in [6, 6.07) is 12.1. The lowest BCUT2D eigenvalue weighted by atomic mass is 9.99. The molecule has 132 valence electrons. The number of rotatable bonds is 3. The zero-order chi connectivity index (χ0) is 18.0. The van der Waals surface area contributed by atoms with Crippen molar-refractivity contribution in [2.75, 3.05) is 18.4 Å². The van der Waals surface area contributed by atoms with Gasteiger partial charge in [0.2, 0.25) is 0 Å². The Kier molecular flexibility index (Phi) is 4.67. The quantitative estimate of drug-likeness (QED) is 0.913. The van der Waals surface area contributed by atoms with E-state index >= 15 is 0 Å². The largest absolute Gasteiger partial charge is 0.453 e. The minimum atomic E-state index is -3.65. The molecule has 6 nitrogen and oxygen atoms in total. The monoisotopic (exact) mass is 360 g/mol. The van der Waals surface area contributed by atoms with Crippen molar-refractivity contribution in [3.05, 3.63) is 59.2 Å². The van der Waals surface area contributed by atoms with E-state index in [1.165, 1.54) is 7.11 Å². The molecule has 1 aliphatic rings.